The third kappa shape index (κ3) is 4.58. The van der Waals surface area contributed by atoms with Crippen molar-refractivity contribution in [3.63, 3.8) is 0 Å². The lowest BCUT2D eigenvalue weighted by atomic mass is 10.1. The van der Waals surface area contributed by atoms with Gasteiger partial charge in [0.2, 0.25) is 0 Å². The van der Waals surface area contributed by atoms with Crippen molar-refractivity contribution in [2.45, 2.75) is 25.8 Å². The van der Waals surface area contributed by atoms with Crippen LogP contribution >= 0.6 is 0 Å². The van der Waals surface area contributed by atoms with Gasteiger partial charge < -0.3 is 9.88 Å². The van der Waals surface area contributed by atoms with Crippen LogP contribution in [0.15, 0.2) is 67.3 Å². The third-order valence-electron chi connectivity index (χ3n) is 4.30. The average Bonchev–Trinajstić information content (AvgIpc) is 3.21. The van der Waals surface area contributed by atoms with E-state index in [4.69, 9.17) is 0 Å². The van der Waals surface area contributed by atoms with Crippen molar-refractivity contribution in [3.8, 4) is 5.69 Å². The van der Waals surface area contributed by atoms with Crippen LogP contribution in [-0.2, 0) is 6.42 Å². The molecule has 0 bridgehead atoms. The van der Waals surface area contributed by atoms with Gasteiger partial charge in [-0.25, -0.2) is 4.98 Å². The topological polar surface area (TPSA) is 90.1 Å². The fraction of sp³-hybridized carbons (Fsp3) is 0.200. The molecule has 1 unspecified atom stereocenters. The normalized spacial score (nSPS) is 11.7. The first kappa shape index (κ1) is 18.3. The second-order valence-electron chi connectivity index (χ2n) is 6.33. The lowest BCUT2D eigenvalue weighted by Gasteiger charge is -2.14. The van der Waals surface area contributed by atoms with Crippen LogP contribution in [0.1, 0.15) is 29.3 Å². The van der Waals surface area contributed by atoms with Crippen LogP contribution in [0.4, 0.5) is 5.69 Å². The molecule has 1 atom stereocenters. The molecule has 0 saturated carbocycles. The van der Waals surface area contributed by atoms with E-state index in [1.165, 1.54) is 18.0 Å². The summed E-state index contributed by atoms with van der Waals surface area (Å²) < 4.78 is 1.54. The number of carbonyl (C=O) groups is 1. The minimum absolute atomic E-state index is 0.0508. The molecule has 1 aromatic heterocycles. The highest BCUT2D eigenvalue weighted by Crippen LogP contribution is 2.24. The summed E-state index contributed by atoms with van der Waals surface area (Å²) >= 11 is 0. The van der Waals surface area contributed by atoms with Crippen molar-refractivity contribution in [3.05, 3.63) is 88.5 Å². The summed E-state index contributed by atoms with van der Waals surface area (Å²) in [5.74, 6) is -0.323. The number of hydrogen-bond donors (Lipinski definition) is 1. The van der Waals surface area contributed by atoms with E-state index in [0.717, 1.165) is 12.8 Å². The van der Waals surface area contributed by atoms with Crippen molar-refractivity contribution in [1.82, 2.24) is 14.9 Å². The maximum Gasteiger partial charge on any atom is 0.294 e. The predicted octanol–water partition coefficient (Wildman–Crippen LogP) is 3.53. The van der Waals surface area contributed by atoms with Gasteiger partial charge in [-0.2, -0.15) is 0 Å². The highest BCUT2D eigenvalue weighted by molar-refractivity contribution is 5.95. The smallest absolute Gasteiger partial charge is 0.294 e. The number of benzene rings is 2. The highest BCUT2D eigenvalue weighted by atomic mass is 16.6. The van der Waals surface area contributed by atoms with Crippen LogP contribution in [0.5, 0.6) is 0 Å². The Morgan fingerprint density at radius 1 is 1.26 bits per heavy atom. The molecule has 3 rings (SSSR count). The van der Waals surface area contributed by atoms with Crippen molar-refractivity contribution in [1.29, 1.82) is 0 Å². The van der Waals surface area contributed by atoms with E-state index in [1.807, 2.05) is 37.3 Å². The van der Waals surface area contributed by atoms with Gasteiger partial charge >= 0.3 is 0 Å². The largest absolute Gasteiger partial charge is 0.350 e. The second kappa shape index (κ2) is 8.27. The number of imidazole rings is 1. The number of aryl methyl sites for hydroxylation is 1. The van der Waals surface area contributed by atoms with Crippen LogP contribution in [0.2, 0.25) is 0 Å². The molecule has 0 radical (unpaired) electrons. The number of nitro groups is 1. The zero-order chi connectivity index (χ0) is 19.2. The molecular weight excluding hydrogens is 344 g/mol. The van der Waals surface area contributed by atoms with Crippen LogP contribution in [-0.4, -0.2) is 26.4 Å². The zero-order valence-corrected chi connectivity index (χ0v) is 14.9. The van der Waals surface area contributed by atoms with E-state index in [9.17, 15) is 14.9 Å². The monoisotopic (exact) mass is 364 g/mol. The molecule has 7 nitrogen and oxygen atoms in total. The minimum Gasteiger partial charge on any atom is -0.350 e. The molecule has 0 fully saturated rings. The molecule has 0 spiro atoms. The van der Waals surface area contributed by atoms with Gasteiger partial charge in [0.25, 0.3) is 11.6 Å². The van der Waals surface area contributed by atoms with Crippen LogP contribution in [0.25, 0.3) is 5.69 Å². The number of rotatable bonds is 7. The Balaban J connectivity index is 1.69. The number of aromatic nitrogens is 2. The number of amides is 1. The molecule has 0 aliphatic rings. The van der Waals surface area contributed by atoms with Gasteiger partial charge in [0.05, 0.1) is 11.3 Å². The zero-order valence-electron chi connectivity index (χ0n) is 14.9. The minimum atomic E-state index is -0.495. The van der Waals surface area contributed by atoms with Gasteiger partial charge in [-0.3, -0.25) is 14.9 Å². The summed E-state index contributed by atoms with van der Waals surface area (Å²) in [6, 6.07) is 14.4. The van der Waals surface area contributed by atoms with Gasteiger partial charge in [-0.05, 0) is 37.5 Å². The number of hydrogen-bond acceptors (Lipinski definition) is 4. The molecule has 1 amide bonds. The third-order valence-corrected chi connectivity index (χ3v) is 4.30. The Labute approximate surface area is 156 Å². The highest BCUT2D eigenvalue weighted by Gasteiger charge is 2.19. The first-order valence-corrected chi connectivity index (χ1v) is 8.66. The van der Waals surface area contributed by atoms with Crippen molar-refractivity contribution in [2.75, 3.05) is 0 Å². The molecule has 1 heterocycles. The van der Waals surface area contributed by atoms with Gasteiger partial charge in [-0.15, -0.1) is 0 Å². The Morgan fingerprint density at radius 2 is 2.04 bits per heavy atom. The van der Waals surface area contributed by atoms with E-state index in [2.05, 4.69) is 10.3 Å². The fourth-order valence-corrected chi connectivity index (χ4v) is 2.84. The summed E-state index contributed by atoms with van der Waals surface area (Å²) in [7, 11) is 0. The Morgan fingerprint density at radius 3 is 2.70 bits per heavy atom. The molecule has 0 aliphatic carbocycles. The summed E-state index contributed by atoms with van der Waals surface area (Å²) in [5.41, 5.74) is 1.69. The molecule has 7 heteroatoms. The van der Waals surface area contributed by atoms with Gasteiger partial charge in [0.15, 0.2) is 0 Å². The molecule has 27 heavy (non-hydrogen) atoms. The summed E-state index contributed by atoms with van der Waals surface area (Å²) in [5, 5.41) is 14.3. The maximum atomic E-state index is 12.5. The van der Waals surface area contributed by atoms with Gasteiger partial charge in [0, 0.05) is 30.1 Å². The van der Waals surface area contributed by atoms with Crippen molar-refractivity contribution < 1.29 is 9.72 Å². The Hall–Kier alpha value is -3.48. The van der Waals surface area contributed by atoms with Crippen LogP contribution in [0.3, 0.4) is 0 Å². The molecule has 2 aromatic carbocycles. The summed E-state index contributed by atoms with van der Waals surface area (Å²) in [4.78, 5) is 27.3. The molecule has 3 aromatic rings. The van der Waals surface area contributed by atoms with E-state index >= 15 is 0 Å². The van der Waals surface area contributed by atoms with Crippen molar-refractivity contribution in [2.24, 2.45) is 0 Å². The van der Waals surface area contributed by atoms with Crippen LogP contribution in [0, 0.1) is 10.1 Å². The molecule has 0 aliphatic heterocycles. The predicted molar refractivity (Wildman–Crippen MR) is 102 cm³/mol. The maximum absolute atomic E-state index is 12.5. The Kier molecular flexibility index (Phi) is 5.61. The second-order valence-corrected chi connectivity index (χ2v) is 6.33. The number of nitro benzene ring substituents is 1. The summed E-state index contributed by atoms with van der Waals surface area (Å²) in [6.07, 6.45) is 6.27. The summed E-state index contributed by atoms with van der Waals surface area (Å²) in [6.45, 7) is 1.93. The average molecular weight is 364 g/mol. The molecule has 0 saturated heterocycles. The molecule has 138 valence electrons. The molecule has 1 N–H and O–H groups in total. The van der Waals surface area contributed by atoms with Crippen molar-refractivity contribution >= 4 is 11.6 Å². The van der Waals surface area contributed by atoms with Gasteiger partial charge in [0.1, 0.15) is 5.69 Å². The van der Waals surface area contributed by atoms with E-state index in [0.29, 0.717) is 5.69 Å². The number of nitrogens with zero attached hydrogens (tertiary/aromatic N) is 3. The van der Waals surface area contributed by atoms with Gasteiger partial charge in [-0.1, -0.05) is 30.3 Å². The molecular formula is C20H20N4O3. The quantitative estimate of drug-likeness (QED) is 0.513. The van der Waals surface area contributed by atoms with E-state index in [-0.39, 0.29) is 23.2 Å². The Bertz CT molecular complexity index is 924. The number of carbonyl (C=O) groups excluding carboxylic acids is 1. The fourth-order valence-electron chi connectivity index (χ4n) is 2.84. The van der Waals surface area contributed by atoms with E-state index < -0.39 is 4.92 Å². The van der Waals surface area contributed by atoms with E-state index in [1.54, 1.807) is 29.1 Å². The SMILES string of the molecule is CC(CCc1ccccc1)NC(=O)c1ccc(-n2ccnc2)c([N+](=O)[O-])c1. The first-order valence-electron chi connectivity index (χ1n) is 8.66. The standard InChI is InChI=1S/C20H20N4O3/c1-15(7-8-16-5-3-2-4-6-16)22-20(25)17-9-10-18(19(13-17)24(26)27)23-12-11-21-14-23/h2-6,9-15H,7-8H2,1H3,(H,22,25). The lowest BCUT2D eigenvalue weighted by molar-refractivity contribution is -0.384. The van der Waals surface area contributed by atoms with Crippen LogP contribution < -0.4 is 5.32 Å². The lowest BCUT2D eigenvalue weighted by Crippen LogP contribution is -2.33. The first-order chi connectivity index (χ1) is 13.0. The number of nitrogens with one attached hydrogen (secondary N) is 1.